The highest BCUT2D eigenvalue weighted by Gasteiger charge is 2.22. The molecule has 1 aliphatic heterocycles. The quantitative estimate of drug-likeness (QED) is 0.803. The molecule has 1 aromatic heterocycles. The van der Waals surface area contributed by atoms with Gasteiger partial charge in [0.15, 0.2) is 5.82 Å². The van der Waals surface area contributed by atoms with Gasteiger partial charge < -0.3 is 10.6 Å². The molecule has 1 aromatic carbocycles. The van der Waals surface area contributed by atoms with Crippen molar-refractivity contribution in [1.82, 2.24) is 14.7 Å². The van der Waals surface area contributed by atoms with E-state index in [1.807, 2.05) is 22.9 Å². The predicted octanol–water partition coefficient (Wildman–Crippen LogP) is 1.44. The molecule has 0 bridgehead atoms. The summed E-state index contributed by atoms with van der Waals surface area (Å²) in [5, 5.41) is 4.46. The third-order valence-corrected chi connectivity index (χ3v) is 3.28. The van der Waals surface area contributed by atoms with Gasteiger partial charge in [-0.2, -0.15) is 5.10 Å². The molecular formula is C13H16N4. The van der Waals surface area contributed by atoms with Crippen molar-refractivity contribution in [3.05, 3.63) is 41.6 Å². The summed E-state index contributed by atoms with van der Waals surface area (Å²) in [7, 11) is 2.11. The van der Waals surface area contributed by atoms with E-state index in [-0.39, 0.29) is 0 Å². The standard InChI is InChI=1S/C13H16N4/c1-16-8-7-12-11(9-16)13(14)15-17(12)10-5-3-2-4-6-10/h2-6H,7-9H2,1H3,(H2,14,15). The fraction of sp³-hybridized carbons (Fsp3) is 0.308. The SMILES string of the molecule is CN1CCc2c(c(N)nn2-c2ccccc2)C1. The number of likely N-dealkylation sites (N-methyl/N-ethyl adjacent to an activating group) is 1. The van der Waals surface area contributed by atoms with Crippen LogP contribution < -0.4 is 5.73 Å². The number of nitrogens with zero attached hydrogens (tertiary/aromatic N) is 3. The first-order chi connectivity index (χ1) is 8.25. The number of hydrogen-bond acceptors (Lipinski definition) is 3. The van der Waals surface area contributed by atoms with Crippen LogP contribution in [0.15, 0.2) is 30.3 Å². The van der Waals surface area contributed by atoms with Crippen LogP contribution in [-0.4, -0.2) is 28.3 Å². The first kappa shape index (κ1) is 10.4. The minimum absolute atomic E-state index is 0.662. The fourth-order valence-corrected chi connectivity index (χ4v) is 2.36. The third-order valence-electron chi connectivity index (χ3n) is 3.28. The molecule has 0 amide bonds. The van der Waals surface area contributed by atoms with Crippen LogP contribution in [0.3, 0.4) is 0 Å². The van der Waals surface area contributed by atoms with Crippen molar-refractivity contribution >= 4 is 5.82 Å². The van der Waals surface area contributed by atoms with E-state index in [2.05, 4.69) is 29.2 Å². The molecule has 0 atom stereocenters. The number of benzene rings is 1. The molecule has 0 spiro atoms. The van der Waals surface area contributed by atoms with Crippen molar-refractivity contribution < 1.29 is 0 Å². The van der Waals surface area contributed by atoms with Crippen molar-refractivity contribution in [1.29, 1.82) is 0 Å². The van der Waals surface area contributed by atoms with E-state index in [1.165, 1.54) is 11.3 Å². The minimum Gasteiger partial charge on any atom is -0.382 e. The van der Waals surface area contributed by atoms with Crippen LogP contribution in [0.1, 0.15) is 11.3 Å². The molecule has 4 nitrogen and oxygen atoms in total. The first-order valence-electron chi connectivity index (χ1n) is 5.86. The van der Waals surface area contributed by atoms with E-state index in [1.54, 1.807) is 0 Å². The van der Waals surface area contributed by atoms with Gasteiger partial charge in [-0.3, -0.25) is 0 Å². The molecule has 2 N–H and O–H groups in total. The van der Waals surface area contributed by atoms with Crippen molar-refractivity contribution in [3.8, 4) is 5.69 Å². The van der Waals surface area contributed by atoms with E-state index < -0.39 is 0 Å². The lowest BCUT2D eigenvalue weighted by atomic mass is 10.1. The van der Waals surface area contributed by atoms with Gasteiger partial charge in [0.2, 0.25) is 0 Å². The Morgan fingerprint density at radius 1 is 1.24 bits per heavy atom. The van der Waals surface area contributed by atoms with Crippen LogP contribution in [0.2, 0.25) is 0 Å². The van der Waals surface area contributed by atoms with Crippen LogP contribution >= 0.6 is 0 Å². The smallest absolute Gasteiger partial charge is 0.150 e. The molecule has 88 valence electrons. The number of nitrogens with two attached hydrogens (primary N) is 1. The Morgan fingerprint density at radius 3 is 2.76 bits per heavy atom. The Bertz CT molecular complexity index is 530. The molecule has 4 heteroatoms. The number of rotatable bonds is 1. The van der Waals surface area contributed by atoms with Crippen molar-refractivity contribution in [2.45, 2.75) is 13.0 Å². The van der Waals surface area contributed by atoms with Gasteiger partial charge in [0.1, 0.15) is 0 Å². The van der Waals surface area contributed by atoms with Crippen LogP contribution in [0, 0.1) is 0 Å². The maximum absolute atomic E-state index is 6.00. The van der Waals surface area contributed by atoms with Gasteiger partial charge in [0, 0.05) is 25.1 Å². The summed E-state index contributed by atoms with van der Waals surface area (Å²) in [6, 6.07) is 10.2. The summed E-state index contributed by atoms with van der Waals surface area (Å²) in [5.74, 6) is 0.662. The van der Waals surface area contributed by atoms with Crippen LogP contribution in [0.4, 0.5) is 5.82 Å². The molecule has 2 heterocycles. The van der Waals surface area contributed by atoms with E-state index in [0.29, 0.717) is 5.82 Å². The Kier molecular flexibility index (Phi) is 2.37. The van der Waals surface area contributed by atoms with Gasteiger partial charge in [-0.05, 0) is 19.2 Å². The fourth-order valence-electron chi connectivity index (χ4n) is 2.36. The summed E-state index contributed by atoms with van der Waals surface area (Å²) >= 11 is 0. The molecule has 0 saturated carbocycles. The molecule has 0 radical (unpaired) electrons. The van der Waals surface area contributed by atoms with Gasteiger partial charge in [-0.15, -0.1) is 0 Å². The second-order valence-corrected chi connectivity index (χ2v) is 4.55. The van der Waals surface area contributed by atoms with Crippen LogP contribution in [0.25, 0.3) is 5.69 Å². The average Bonchev–Trinajstić information content (AvgIpc) is 2.68. The average molecular weight is 228 g/mol. The molecule has 3 rings (SSSR count). The summed E-state index contributed by atoms with van der Waals surface area (Å²) in [6.45, 7) is 1.96. The van der Waals surface area contributed by atoms with E-state index in [9.17, 15) is 0 Å². The van der Waals surface area contributed by atoms with E-state index in [0.717, 1.165) is 25.2 Å². The second kappa shape index (κ2) is 3.89. The third kappa shape index (κ3) is 1.70. The number of anilines is 1. The molecule has 2 aromatic rings. The van der Waals surface area contributed by atoms with Crippen molar-refractivity contribution in [3.63, 3.8) is 0 Å². The Hall–Kier alpha value is -1.81. The number of fused-ring (bicyclic) bond motifs is 1. The molecule has 0 unspecified atom stereocenters. The number of para-hydroxylation sites is 1. The zero-order valence-corrected chi connectivity index (χ0v) is 9.93. The maximum atomic E-state index is 6.00. The number of hydrogen-bond donors (Lipinski definition) is 1. The second-order valence-electron chi connectivity index (χ2n) is 4.55. The minimum atomic E-state index is 0.662. The van der Waals surface area contributed by atoms with Crippen LogP contribution in [0.5, 0.6) is 0 Å². The van der Waals surface area contributed by atoms with E-state index >= 15 is 0 Å². The predicted molar refractivity (Wildman–Crippen MR) is 68.0 cm³/mol. The van der Waals surface area contributed by atoms with Crippen molar-refractivity contribution in [2.75, 3.05) is 19.3 Å². The van der Waals surface area contributed by atoms with E-state index in [4.69, 9.17) is 5.73 Å². The zero-order valence-electron chi connectivity index (χ0n) is 9.93. The summed E-state index contributed by atoms with van der Waals surface area (Å²) in [4.78, 5) is 2.27. The van der Waals surface area contributed by atoms with Gasteiger partial charge in [0.05, 0.1) is 11.4 Å². The molecular weight excluding hydrogens is 212 g/mol. The molecule has 17 heavy (non-hydrogen) atoms. The normalized spacial score (nSPS) is 15.8. The summed E-state index contributed by atoms with van der Waals surface area (Å²) < 4.78 is 1.98. The molecule has 0 fully saturated rings. The highest BCUT2D eigenvalue weighted by Crippen LogP contribution is 2.25. The Balaban J connectivity index is 2.11. The van der Waals surface area contributed by atoms with Crippen molar-refractivity contribution in [2.24, 2.45) is 0 Å². The Labute approximate surface area is 101 Å². The van der Waals surface area contributed by atoms with Gasteiger partial charge in [-0.25, -0.2) is 4.68 Å². The molecule has 0 saturated heterocycles. The lowest BCUT2D eigenvalue weighted by molar-refractivity contribution is 0.310. The largest absolute Gasteiger partial charge is 0.382 e. The lowest BCUT2D eigenvalue weighted by Crippen LogP contribution is -2.27. The number of aromatic nitrogens is 2. The topological polar surface area (TPSA) is 47.1 Å². The zero-order chi connectivity index (χ0) is 11.8. The summed E-state index contributed by atoms with van der Waals surface area (Å²) in [5.41, 5.74) is 9.53. The van der Waals surface area contributed by atoms with Gasteiger partial charge >= 0.3 is 0 Å². The highest BCUT2D eigenvalue weighted by atomic mass is 15.3. The lowest BCUT2D eigenvalue weighted by Gasteiger charge is -2.23. The highest BCUT2D eigenvalue weighted by molar-refractivity contribution is 5.48. The summed E-state index contributed by atoms with van der Waals surface area (Å²) in [6.07, 6.45) is 1.00. The first-order valence-corrected chi connectivity index (χ1v) is 5.86. The van der Waals surface area contributed by atoms with Gasteiger partial charge in [-0.1, -0.05) is 18.2 Å². The maximum Gasteiger partial charge on any atom is 0.150 e. The monoisotopic (exact) mass is 228 g/mol. The Morgan fingerprint density at radius 2 is 2.00 bits per heavy atom. The number of nitrogen functional groups attached to an aromatic ring is 1. The van der Waals surface area contributed by atoms with Crippen LogP contribution in [-0.2, 0) is 13.0 Å². The molecule has 1 aliphatic rings. The van der Waals surface area contributed by atoms with Gasteiger partial charge in [0.25, 0.3) is 0 Å². The molecule has 0 aliphatic carbocycles.